The van der Waals surface area contributed by atoms with Gasteiger partial charge in [-0.25, -0.2) is 0 Å². The van der Waals surface area contributed by atoms with Crippen molar-refractivity contribution in [2.24, 2.45) is 5.73 Å². The summed E-state index contributed by atoms with van der Waals surface area (Å²) in [5.74, 6) is -0.631. The third kappa shape index (κ3) is 5.03. The van der Waals surface area contributed by atoms with E-state index in [0.29, 0.717) is 5.56 Å². The van der Waals surface area contributed by atoms with Gasteiger partial charge in [-0.1, -0.05) is 12.1 Å². The van der Waals surface area contributed by atoms with Crippen molar-refractivity contribution >= 4 is 10.1 Å². The van der Waals surface area contributed by atoms with E-state index in [2.05, 4.69) is 0 Å². The van der Waals surface area contributed by atoms with Gasteiger partial charge < -0.3 is 5.73 Å². The highest BCUT2D eigenvalue weighted by atomic mass is 32.2. The first kappa shape index (κ1) is 14.9. The molecule has 0 aliphatic rings. The van der Waals surface area contributed by atoms with E-state index in [1.165, 1.54) is 12.1 Å². The monoisotopic (exact) mass is 283 g/mol. The lowest BCUT2D eigenvalue weighted by Gasteiger charge is -2.11. The standard InChI is InChI=1S/C10H12F3NO3S/c11-10(12,13)8-3-1-7(2-4-8)5-9(14)6-18(15,16)17/h1-4,9H,5-6,14H2,(H,15,16,17)/t9-/m1/s1. The van der Waals surface area contributed by atoms with E-state index < -0.39 is 33.7 Å². The zero-order valence-electron chi connectivity index (χ0n) is 9.18. The van der Waals surface area contributed by atoms with Crippen molar-refractivity contribution in [1.29, 1.82) is 0 Å². The largest absolute Gasteiger partial charge is 0.416 e. The van der Waals surface area contributed by atoms with Crippen LogP contribution in [0.4, 0.5) is 13.2 Å². The first-order valence-corrected chi connectivity index (χ1v) is 6.56. The third-order valence-electron chi connectivity index (χ3n) is 2.20. The predicted molar refractivity (Wildman–Crippen MR) is 59.5 cm³/mol. The molecule has 1 atom stereocenters. The lowest BCUT2D eigenvalue weighted by atomic mass is 10.1. The van der Waals surface area contributed by atoms with Gasteiger partial charge in [0.2, 0.25) is 0 Å². The van der Waals surface area contributed by atoms with Crippen LogP contribution in [0.5, 0.6) is 0 Å². The molecule has 4 nitrogen and oxygen atoms in total. The molecule has 0 unspecified atom stereocenters. The Kier molecular flexibility index (Phi) is 4.36. The molecule has 1 aromatic rings. The average Bonchev–Trinajstić information content (AvgIpc) is 2.13. The summed E-state index contributed by atoms with van der Waals surface area (Å²) in [6, 6.07) is 3.39. The molecule has 102 valence electrons. The number of hydrogen-bond acceptors (Lipinski definition) is 3. The maximum Gasteiger partial charge on any atom is 0.416 e. The third-order valence-corrected chi connectivity index (χ3v) is 3.05. The fourth-order valence-corrected chi connectivity index (χ4v) is 2.12. The zero-order valence-corrected chi connectivity index (χ0v) is 10.0. The molecule has 3 N–H and O–H groups in total. The van der Waals surface area contributed by atoms with Crippen molar-refractivity contribution in [3.05, 3.63) is 35.4 Å². The number of nitrogens with two attached hydrogens (primary N) is 1. The minimum atomic E-state index is -4.41. The van der Waals surface area contributed by atoms with Crippen LogP contribution in [-0.4, -0.2) is 24.8 Å². The summed E-state index contributed by atoms with van der Waals surface area (Å²) in [6.07, 6.45) is -4.34. The highest BCUT2D eigenvalue weighted by Gasteiger charge is 2.29. The maximum atomic E-state index is 12.3. The fourth-order valence-electron chi connectivity index (χ4n) is 1.46. The normalized spacial score (nSPS) is 14.5. The van der Waals surface area contributed by atoms with Gasteiger partial charge in [0, 0.05) is 6.04 Å². The quantitative estimate of drug-likeness (QED) is 0.820. The SMILES string of the molecule is N[C@H](Cc1ccc(C(F)(F)F)cc1)CS(=O)(=O)O. The molecule has 0 aliphatic heterocycles. The molecule has 0 heterocycles. The summed E-state index contributed by atoms with van der Waals surface area (Å²) in [4.78, 5) is 0. The Morgan fingerprint density at radius 1 is 1.22 bits per heavy atom. The molecular weight excluding hydrogens is 271 g/mol. The summed E-state index contributed by atoms with van der Waals surface area (Å²) in [7, 11) is -4.18. The Morgan fingerprint density at radius 3 is 2.11 bits per heavy atom. The lowest BCUT2D eigenvalue weighted by Crippen LogP contribution is -2.31. The van der Waals surface area contributed by atoms with Crippen LogP contribution in [0.1, 0.15) is 11.1 Å². The van der Waals surface area contributed by atoms with Crippen LogP contribution in [0, 0.1) is 0 Å². The molecule has 0 aromatic heterocycles. The zero-order chi connectivity index (χ0) is 14.0. The molecule has 0 bridgehead atoms. The molecule has 0 fully saturated rings. The molecule has 0 saturated heterocycles. The van der Waals surface area contributed by atoms with Crippen molar-refractivity contribution in [2.75, 3.05) is 5.75 Å². The topological polar surface area (TPSA) is 80.4 Å². The van der Waals surface area contributed by atoms with Crippen LogP contribution in [-0.2, 0) is 22.7 Å². The minimum absolute atomic E-state index is 0.0674. The van der Waals surface area contributed by atoms with Gasteiger partial charge in [-0.2, -0.15) is 21.6 Å². The van der Waals surface area contributed by atoms with Crippen LogP contribution in [0.3, 0.4) is 0 Å². The molecule has 0 amide bonds. The molecule has 0 aliphatic carbocycles. The Hall–Kier alpha value is -1.12. The summed E-state index contributed by atoms with van der Waals surface area (Å²) in [6.45, 7) is 0. The van der Waals surface area contributed by atoms with E-state index in [4.69, 9.17) is 10.3 Å². The summed E-state index contributed by atoms with van der Waals surface area (Å²) >= 11 is 0. The van der Waals surface area contributed by atoms with E-state index in [1.54, 1.807) is 0 Å². The van der Waals surface area contributed by atoms with Gasteiger partial charge in [0.15, 0.2) is 0 Å². The smallest absolute Gasteiger partial charge is 0.326 e. The second kappa shape index (κ2) is 5.25. The number of hydrogen-bond donors (Lipinski definition) is 2. The van der Waals surface area contributed by atoms with Crippen LogP contribution in [0.2, 0.25) is 0 Å². The average molecular weight is 283 g/mol. The molecule has 18 heavy (non-hydrogen) atoms. The van der Waals surface area contributed by atoms with Gasteiger partial charge >= 0.3 is 6.18 Å². The van der Waals surface area contributed by atoms with E-state index in [1.807, 2.05) is 0 Å². The molecule has 0 radical (unpaired) electrons. The van der Waals surface area contributed by atoms with Crippen LogP contribution in [0.15, 0.2) is 24.3 Å². The van der Waals surface area contributed by atoms with E-state index in [9.17, 15) is 21.6 Å². The van der Waals surface area contributed by atoms with Gasteiger partial charge in [0.05, 0.1) is 11.3 Å². The second-order valence-electron chi connectivity index (χ2n) is 3.91. The number of rotatable bonds is 4. The Balaban J connectivity index is 2.70. The number of alkyl halides is 3. The highest BCUT2D eigenvalue weighted by molar-refractivity contribution is 7.85. The van der Waals surface area contributed by atoms with Crippen LogP contribution < -0.4 is 5.73 Å². The summed E-state index contributed by atoms with van der Waals surface area (Å²) < 4.78 is 66.5. The first-order chi connectivity index (χ1) is 8.08. The minimum Gasteiger partial charge on any atom is -0.326 e. The Morgan fingerprint density at radius 2 is 1.72 bits per heavy atom. The van der Waals surface area contributed by atoms with Gasteiger partial charge in [0.25, 0.3) is 10.1 Å². The van der Waals surface area contributed by atoms with Crippen molar-refractivity contribution < 1.29 is 26.1 Å². The van der Waals surface area contributed by atoms with Crippen LogP contribution in [0.25, 0.3) is 0 Å². The number of halogens is 3. The van der Waals surface area contributed by atoms with E-state index >= 15 is 0 Å². The van der Waals surface area contributed by atoms with Gasteiger partial charge in [-0.15, -0.1) is 0 Å². The molecule has 8 heteroatoms. The van der Waals surface area contributed by atoms with Gasteiger partial charge in [-0.3, -0.25) is 4.55 Å². The first-order valence-electron chi connectivity index (χ1n) is 4.95. The molecule has 0 saturated carbocycles. The second-order valence-corrected chi connectivity index (χ2v) is 5.40. The van der Waals surface area contributed by atoms with Gasteiger partial charge in [0.1, 0.15) is 0 Å². The number of benzene rings is 1. The molecule has 0 spiro atoms. The summed E-state index contributed by atoms with van der Waals surface area (Å²) in [5.41, 5.74) is 5.14. The lowest BCUT2D eigenvalue weighted by molar-refractivity contribution is -0.137. The van der Waals surface area contributed by atoms with E-state index in [0.717, 1.165) is 12.1 Å². The summed E-state index contributed by atoms with van der Waals surface area (Å²) in [5, 5.41) is 0. The fraction of sp³-hybridized carbons (Fsp3) is 0.400. The van der Waals surface area contributed by atoms with Crippen molar-refractivity contribution in [3.8, 4) is 0 Å². The Bertz CT molecular complexity index is 496. The van der Waals surface area contributed by atoms with Crippen molar-refractivity contribution in [1.82, 2.24) is 0 Å². The van der Waals surface area contributed by atoms with Gasteiger partial charge in [-0.05, 0) is 24.1 Å². The highest BCUT2D eigenvalue weighted by Crippen LogP contribution is 2.29. The van der Waals surface area contributed by atoms with Crippen molar-refractivity contribution in [3.63, 3.8) is 0 Å². The predicted octanol–water partition coefficient (Wildman–Crippen LogP) is 1.46. The Labute approximate surface area is 102 Å². The molecule has 1 rings (SSSR count). The maximum absolute atomic E-state index is 12.3. The molecular formula is C10H12F3NO3S. The van der Waals surface area contributed by atoms with Crippen molar-refractivity contribution in [2.45, 2.75) is 18.6 Å². The van der Waals surface area contributed by atoms with Crippen LogP contribution >= 0.6 is 0 Å². The molecule has 1 aromatic carbocycles. The van der Waals surface area contributed by atoms with E-state index in [-0.39, 0.29) is 6.42 Å².